The summed E-state index contributed by atoms with van der Waals surface area (Å²) in [7, 11) is 0. The summed E-state index contributed by atoms with van der Waals surface area (Å²) in [5.74, 6) is -2.59. The summed E-state index contributed by atoms with van der Waals surface area (Å²) in [4.78, 5) is 17.8. The van der Waals surface area contributed by atoms with Gasteiger partial charge in [0.1, 0.15) is 0 Å². The first-order valence-corrected chi connectivity index (χ1v) is 9.30. The first kappa shape index (κ1) is 17.7. The van der Waals surface area contributed by atoms with Crippen molar-refractivity contribution >= 4 is 46.0 Å². The van der Waals surface area contributed by atoms with E-state index in [1.165, 1.54) is 11.8 Å². The molecule has 7 heteroatoms. The molecule has 0 bridgehead atoms. The molecule has 3 rings (SSSR count). The van der Waals surface area contributed by atoms with Gasteiger partial charge in [-0.1, -0.05) is 42.1 Å². The van der Waals surface area contributed by atoms with E-state index in [1.807, 2.05) is 30.3 Å². The fourth-order valence-corrected chi connectivity index (χ4v) is 3.73. The van der Waals surface area contributed by atoms with Crippen LogP contribution >= 0.6 is 23.5 Å². The van der Waals surface area contributed by atoms with Crippen molar-refractivity contribution in [3.05, 3.63) is 60.8 Å². The molecule has 0 atom stereocenters. The second kappa shape index (κ2) is 8.31. The molecule has 1 aromatic heterocycles. The Morgan fingerprint density at radius 1 is 1.04 bits per heavy atom. The third kappa shape index (κ3) is 4.70. The van der Waals surface area contributed by atoms with Gasteiger partial charge in [0.15, 0.2) is 0 Å². The van der Waals surface area contributed by atoms with Crippen LogP contribution in [0, 0.1) is 0 Å². The summed E-state index contributed by atoms with van der Waals surface area (Å²) in [6.07, 6.45) is 1.71. The van der Waals surface area contributed by atoms with E-state index < -0.39 is 5.76 Å². The van der Waals surface area contributed by atoms with Gasteiger partial charge in [-0.3, -0.25) is 9.78 Å². The van der Waals surface area contributed by atoms with Crippen molar-refractivity contribution in [2.24, 2.45) is 0 Å². The fourth-order valence-electron chi connectivity index (χ4n) is 2.29. The van der Waals surface area contributed by atoms with Crippen LogP contribution in [0.2, 0.25) is 0 Å². The van der Waals surface area contributed by atoms with E-state index in [0.29, 0.717) is 22.3 Å². The van der Waals surface area contributed by atoms with E-state index in [1.54, 1.807) is 30.5 Å². The molecule has 1 heterocycles. The number of nitrogens with zero attached hydrogens (tertiary/aromatic N) is 1. The van der Waals surface area contributed by atoms with Gasteiger partial charge in [0.05, 0.1) is 17.0 Å². The Hall–Kier alpha value is -2.12. The van der Waals surface area contributed by atoms with E-state index >= 15 is 0 Å². The normalized spacial score (nSPS) is 11.0. The average molecular weight is 376 g/mol. The summed E-state index contributed by atoms with van der Waals surface area (Å²) >= 11 is 1.81. The number of nitrogens with one attached hydrogen (secondary N) is 1. The minimum atomic E-state index is -2.53. The number of hydrogen-bond acceptors (Lipinski definition) is 4. The molecular weight excluding hydrogens is 362 g/mol. The highest BCUT2D eigenvalue weighted by Crippen LogP contribution is 2.32. The largest absolute Gasteiger partial charge is 0.324 e. The number of alkyl halides is 2. The first-order chi connectivity index (χ1) is 12.1. The van der Waals surface area contributed by atoms with Crippen LogP contribution in [0.4, 0.5) is 14.5 Å². The van der Waals surface area contributed by atoms with E-state index in [0.717, 1.165) is 15.8 Å². The van der Waals surface area contributed by atoms with Crippen LogP contribution in [0.3, 0.4) is 0 Å². The van der Waals surface area contributed by atoms with Crippen molar-refractivity contribution in [2.75, 3.05) is 11.1 Å². The van der Waals surface area contributed by atoms with Crippen LogP contribution in [0.5, 0.6) is 0 Å². The number of carbonyl (C=O) groups excluding carboxylic acids is 1. The lowest BCUT2D eigenvalue weighted by atomic mass is 10.2. The van der Waals surface area contributed by atoms with Crippen LogP contribution < -0.4 is 5.32 Å². The Balaban J connectivity index is 1.67. The zero-order valence-corrected chi connectivity index (χ0v) is 14.6. The maximum atomic E-state index is 12.6. The molecule has 0 aliphatic rings. The standard InChI is InChI=1S/C18H14F2N2OS2/c19-18(20)25-16-8-4-3-7-14(16)22-17(23)11-24-15-9-10-21-13-6-2-1-5-12(13)15/h1-10,18H,11H2,(H,22,23). The molecule has 0 unspecified atom stereocenters. The molecule has 3 aromatic rings. The number of pyridine rings is 1. The number of aromatic nitrogens is 1. The zero-order chi connectivity index (χ0) is 17.6. The Kier molecular flexibility index (Phi) is 5.88. The van der Waals surface area contributed by atoms with E-state index in [2.05, 4.69) is 10.3 Å². The van der Waals surface area contributed by atoms with Gasteiger partial charge < -0.3 is 5.32 Å². The SMILES string of the molecule is O=C(CSc1ccnc2ccccc12)Nc1ccccc1SC(F)F. The highest BCUT2D eigenvalue weighted by atomic mass is 32.2. The van der Waals surface area contributed by atoms with E-state index in [4.69, 9.17) is 0 Å². The average Bonchev–Trinajstić information content (AvgIpc) is 2.61. The van der Waals surface area contributed by atoms with Gasteiger partial charge >= 0.3 is 0 Å². The molecule has 0 aliphatic carbocycles. The molecule has 3 nitrogen and oxygen atoms in total. The quantitative estimate of drug-likeness (QED) is 0.594. The lowest BCUT2D eigenvalue weighted by molar-refractivity contribution is -0.113. The van der Waals surface area contributed by atoms with Crippen molar-refractivity contribution in [3.63, 3.8) is 0 Å². The number of rotatable bonds is 6. The molecule has 25 heavy (non-hydrogen) atoms. The predicted octanol–water partition coefficient (Wildman–Crippen LogP) is 5.28. The molecular formula is C18H14F2N2OS2. The van der Waals surface area contributed by atoms with E-state index in [-0.39, 0.29) is 11.7 Å². The Morgan fingerprint density at radius 2 is 1.80 bits per heavy atom. The van der Waals surface area contributed by atoms with Gasteiger partial charge in [0.25, 0.3) is 5.76 Å². The van der Waals surface area contributed by atoms with Crippen LogP contribution in [0.1, 0.15) is 0 Å². The minimum Gasteiger partial charge on any atom is -0.324 e. The molecule has 0 aliphatic heterocycles. The Morgan fingerprint density at radius 3 is 2.64 bits per heavy atom. The highest BCUT2D eigenvalue weighted by molar-refractivity contribution is 8.00. The first-order valence-electron chi connectivity index (χ1n) is 7.44. The number of halogens is 2. The third-order valence-electron chi connectivity index (χ3n) is 3.35. The van der Waals surface area contributed by atoms with Crippen molar-refractivity contribution in [1.29, 1.82) is 0 Å². The van der Waals surface area contributed by atoms with Crippen LogP contribution in [-0.4, -0.2) is 22.4 Å². The number of amides is 1. The number of carbonyl (C=O) groups is 1. The van der Waals surface area contributed by atoms with Gasteiger partial charge in [0, 0.05) is 21.4 Å². The second-order valence-electron chi connectivity index (χ2n) is 5.04. The lowest BCUT2D eigenvalue weighted by Crippen LogP contribution is -2.14. The zero-order valence-electron chi connectivity index (χ0n) is 13.0. The van der Waals surface area contributed by atoms with Gasteiger partial charge in [0.2, 0.25) is 5.91 Å². The van der Waals surface area contributed by atoms with Gasteiger partial charge in [-0.2, -0.15) is 8.78 Å². The highest BCUT2D eigenvalue weighted by Gasteiger charge is 2.12. The second-order valence-corrected chi connectivity index (χ2v) is 7.09. The maximum Gasteiger partial charge on any atom is 0.288 e. The van der Waals surface area contributed by atoms with Crippen molar-refractivity contribution in [2.45, 2.75) is 15.5 Å². The summed E-state index contributed by atoms with van der Waals surface area (Å²) in [6.45, 7) is 0. The third-order valence-corrected chi connectivity index (χ3v) is 5.21. The van der Waals surface area contributed by atoms with Crippen molar-refractivity contribution < 1.29 is 13.6 Å². The van der Waals surface area contributed by atoms with Gasteiger partial charge in [-0.25, -0.2) is 0 Å². The summed E-state index contributed by atoms with van der Waals surface area (Å²) < 4.78 is 25.2. The summed E-state index contributed by atoms with van der Waals surface area (Å²) in [6, 6.07) is 16.1. The molecule has 2 aromatic carbocycles. The number of hydrogen-bond donors (Lipinski definition) is 1. The van der Waals surface area contributed by atoms with Gasteiger partial charge in [-0.15, -0.1) is 11.8 Å². The predicted molar refractivity (Wildman–Crippen MR) is 99.4 cm³/mol. The summed E-state index contributed by atoms with van der Waals surface area (Å²) in [5, 5.41) is 3.69. The monoisotopic (exact) mass is 376 g/mol. The number of thioether (sulfide) groups is 2. The van der Waals surface area contributed by atoms with Crippen molar-refractivity contribution in [3.8, 4) is 0 Å². The number of para-hydroxylation sites is 2. The molecule has 0 radical (unpaired) electrons. The Labute approximate surface area is 152 Å². The van der Waals surface area contributed by atoms with Crippen LogP contribution in [0.25, 0.3) is 10.9 Å². The molecule has 128 valence electrons. The minimum absolute atomic E-state index is 0.182. The number of fused-ring (bicyclic) bond motifs is 1. The van der Waals surface area contributed by atoms with Crippen molar-refractivity contribution in [1.82, 2.24) is 4.98 Å². The molecule has 0 saturated carbocycles. The number of anilines is 1. The molecule has 0 fully saturated rings. The van der Waals surface area contributed by atoms with Crippen LogP contribution in [-0.2, 0) is 4.79 Å². The Bertz CT molecular complexity index is 884. The van der Waals surface area contributed by atoms with Crippen LogP contribution in [0.15, 0.2) is 70.6 Å². The van der Waals surface area contributed by atoms with Gasteiger partial charge in [-0.05, 0) is 24.3 Å². The molecule has 1 N–H and O–H groups in total. The lowest BCUT2D eigenvalue weighted by Gasteiger charge is -2.10. The summed E-state index contributed by atoms with van der Waals surface area (Å²) in [5.41, 5.74) is 1.27. The fraction of sp³-hybridized carbons (Fsp3) is 0.111. The number of benzene rings is 2. The van der Waals surface area contributed by atoms with E-state index in [9.17, 15) is 13.6 Å². The molecule has 1 amide bonds. The smallest absolute Gasteiger partial charge is 0.288 e. The maximum absolute atomic E-state index is 12.6. The molecule has 0 saturated heterocycles. The topological polar surface area (TPSA) is 42.0 Å². The molecule has 0 spiro atoms.